The number of carbonyl (C=O) groups is 1. The summed E-state index contributed by atoms with van der Waals surface area (Å²) >= 11 is 0. The van der Waals surface area contributed by atoms with Crippen molar-refractivity contribution < 1.29 is 9.18 Å². The normalized spacial score (nSPS) is 10.3. The largest absolute Gasteiger partial charge is 0.397 e. The van der Waals surface area contributed by atoms with Gasteiger partial charge in [-0.3, -0.25) is 14.2 Å². The number of benzene rings is 1. The SMILES string of the molecule is Cc1cc(=O)n(CC(=O)Nc2cc(F)ccc2N)cn1. The zero-order chi connectivity index (χ0) is 14.7. The van der Waals surface area contributed by atoms with Crippen molar-refractivity contribution in [3.05, 3.63) is 52.5 Å². The van der Waals surface area contributed by atoms with Crippen molar-refractivity contribution in [1.29, 1.82) is 0 Å². The number of nitrogen functional groups attached to an aromatic ring is 1. The molecule has 0 unspecified atom stereocenters. The third kappa shape index (κ3) is 3.19. The number of nitrogens with two attached hydrogens (primary N) is 1. The Morgan fingerprint density at radius 3 is 2.90 bits per heavy atom. The summed E-state index contributed by atoms with van der Waals surface area (Å²) < 4.78 is 14.2. The summed E-state index contributed by atoms with van der Waals surface area (Å²) in [4.78, 5) is 27.3. The highest BCUT2D eigenvalue weighted by molar-refractivity contribution is 5.93. The number of nitrogens with zero attached hydrogens (tertiary/aromatic N) is 2. The summed E-state index contributed by atoms with van der Waals surface area (Å²) in [6.45, 7) is 1.46. The number of hydrogen-bond acceptors (Lipinski definition) is 4. The number of anilines is 2. The van der Waals surface area contributed by atoms with Gasteiger partial charge < -0.3 is 11.1 Å². The first-order chi connectivity index (χ1) is 9.45. The van der Waals surface area contributed by atoms with E-state index in [0.29, 0.717) is 5.69 Å². The fraction of sp³-hybridized carbons (Fsp3) is 0.154. The van der Waals surface area contributed by atoms with E-state index in [0.717, 1.165) is 10.6 Å². The molecule has 1 aromatic heterocycles. The van der Waals surface area contributed by atoms with Crippen molar-refractivity contribution in [2.75, 3.05) is 11.1 Å². The quantitative estimate of drug-likeness (QED) is 0.815. The lowest BCUT2D eigenvalue weighted by Gasteiger charge is -2.09. The molecule has 0 aliphatic heterocycles. The van der Waals surface area contributed by atoms with Crippen LogP contribution in [0.2, 0.25) is 0 Å². The average Bonchev–Trinajstić information content (AvgIpc) is 2.37. The van der Waals surface area contributed by atoms with Gasteiger partial charge in [-0.2, -0.15) is 0 Å². The van der Waals surface area contributed by atoms with Gasteiger partial charge in [0.15, 0.2) is 0 Å². The lowest BCUT2D eigenvalue weighted by Crippen LogP contribution is -2.27. The predicted octanol–water partition coefficient (Wildman–Crippen LogP) is 0.912. The highest BCUT2D eigenvalue weighted by atomic mass is 19.1. The Bertz CT molecular complexity index is 712. The van der Waals surface area contributed by atoms with E-state index < -0.39 is 11.7 Å². The topological polar surface area (TPSA) is 90.0 Å². The summed E-state index contributed by atoms with van der Waals surface area (Å²) in [6.07, 6.45) is 1.28. The van der Waals surface area contributed by atoms with Gasteiger partial charge in [0.1, 0.15) is 12.4 Å². The van der Waals surface area contributed by atoms with Crippen LogP contribution in [0.5, 0.6) is 0 Å². The lowest BCUT2D eigenvalue weighted by molar-refractivity contribution is -0.116. The first kappa shape index (κ1) is 13.7. The molecule has 2 aromatic rings. The zero-order valence-corrected chi connectivity index (χ0v) is 10.8. The van der Waals surface area contributed by atoms with Gasteiger partial charge in [0.2, 0.25) is 5.91 Å². The van der Waals surface area contributed by atoms with E-state index in [1.165, 1.54) is 24.5 Å². The minimum absolute atomic E-state index is 0.170. The van der Waals surface area contributed by atoms with Crippen LogP contribution >= 0.6 is 0 Å². The summed E-state index contributed by atoms with van der Waals surface area (Å²) in [5.74, 6) is -1.00. The minimum Gasteiger partial charge on any atom is -0.397 e. The van der Waals surface area contributed by atoms with Gasteiger partial charge in [-0.25, -0.2) is 9.37 Å². The van der Waals surface area contributed by atoms with Crippen LogP contribution in [0, 0.1) is 12.7 Å². The molecular weight excluding hydrogens is 263 g/mol. The summed E-state index contributed by atoms with van der Waals surface area (Å²) in [5, 5.41) is 2.45. The molecule has 0 fully saturated rings. The number of rotatable bonds is 3. The van der Waals surface area contributed by atoms with Crippen molar-refractivity contribution in [1.82, 2.24) is 9.55 Å². The van der Waals surface area contributed by atoms with Gasteiger partial charge in [0.25, 0.3) is 5.56 Å². The Morgan fingerprint density at radius 2 is 2.20 bits per heavy atom. The Morgan fingerprint density at radius 1 is 1.45 bits per heavy atom. The first-order valence-corrected chi connectivity index (χ1v) is 5.83. The maximum Gasteiger partial charge on any atom is 0.253 e. The minimum atomic E-state index is -0.510. The molecule has 0 saturated carbocycles. The number of hydrogen-bond donors (Lipinski definition) is 2. The molecule has 0 bridgehead atoms. The third-order valence-corrected chi connectivity index (χ3v) is 2.62. The zero-order valence-electron chi connectivity index (χ0n) is 10.8. The summed E-state index contributed by atoms with van der Waals surface area (Å²) in [5.41, 5.74) is 6.27. The third-order valence-electron chi connectivity index (χ3n) is 2.62. The van der Waals surface area contributed by atoms with E-state index in [1.807, 2.05) is 0 Å². The van der Waals surface area contributed by atoms with Crippen LogP contribution < -0.4 is 16.6 Å². The van der Waals surface area contributed by atoms with Crippen molar-refractivity contribution in [3.63, 3.8) is 0 Å². The van der Waals surface area contributed by atoms with E-state index in [9.17, 15) is 14.0 Å². The Balaban J connectivity index is 2.13. The van der Waals surface area contributed by atoms with Crippen LogP contribution in [0.1, 0.15) is 5.69 Å². The number of carbonyl (C=O) groups excluding carboxylic acids is 1. The second-order valence-electron chi connectivity index (χ2n) is 4.28. The summed E-state index contributed by atoms with van der Waals surface area (Å²) in [7, 11) is 0. The van der Waals surface area contributed by atoms with E-state index >= 15 is 0 Å². The van der Waals surface area contributed by atoms with E-state index in [1.54, 1.807) is 6.92 Å². The number of aromatic nitrogens is 2. The first-order valence-electron chi connectivity index (χ1n) is 5.83. The molecule has 0 saturated heterocycles. The molecule has 3 N–H and O–H groups in total. The van der Waals surface area contributed by atoms with E-state index in [2.05, 4.69) is 10.3 Å². The van der Waals surface area contributed by atoms with Crippen molar-refractivity contribution >= 4 is 17.3 Å². The van der Waals surface area contributed by atoms with Crippen molar-refractivity contribution in [3.8, 4) is 0 Å². The van der Waals surface area contributed by atoms with E-state index in [4.69, 9.17) is 5.73 Å². The van der Waals surface area contributed by atoms with Gasteiger partial charge in [-0.1, -0.05) is 0 Å². The molecule has 0 aliphatic carbocycles. The fourth-order valence-electron chi connectivity index (χ4n) is 1.62. The van der Waals surface area contributed by atoms with Gasteiger partial charge in [-0.05, 0) is 25.1 Å². The molecule has 104 valence electrons. The molecule has 7 heteroatoms. The van der Waals surface area contributed by atoms with Gasteiger partial charge in [0.05, 0.1) is 17.7 Å². The highest BCUT2D eigenvalue weighted by Crippen LogP contribution is 2.18. The standard InChI is InChI=1S/C13H13FN4O2/c1-8-4-13(20)18(7-16-8)6-12(19)17-11-5-9(14)2-3-10(11)15/h2-5,7H,6,15H2,1H3,(H,17,19). The average molecular weight is 276 g/mol. The number of aryl methyl sites for hydroxylation is 1. The molecule has 1 heterocycles. The highest BCUT2D eigenvalue weighted by Gasteiger charge is 2.08. The van der Waals surface area contributed by atoms with E-state index in [-0.39, 0.29) is 23.5 Å². The molecule has 20 heavy (non-hydrogen) atoms. The smallest absolute Gasteiger partial charge is 0.253 e. The Labute approximate surface area is 114 Å². The maximum atomic E-state index is 13.1. The van der Waals surface area contributed by atoms with Crippen molar-refractivity contribution in [2.45, 2.75) is 13.5 Å². The fourth-order valence-corrected chi connectivity index (χ4v) is 1.62. The molecule has 0 aliphatic rings. The monoisotopic (exact) mass is 276 g/mol. The van der Waals surface area contributed by atoms with Crippen LogP contribution in [0.15, 0.2) is 35.4 Å². The molecule has 0 spiro atoms. The Kier molecular flexibility index (Phi) is 3.79. The molecule has 6 nitrogen and oxygen atoms in total. The molecule has 1 amide bonds. The second kappa shape index (κ2) is 5.52. The van der Waals surface area contributed by atoms with Crippen LogP contribution in [-0.4, -0.2) is 15.5 Å². The number of amides is 1. The molecule has 1 aromatic carbocycles. The van der Waals surface area contributed by atoms with Gasteiger partial charge in [-0.15, -0.1) is 0 Å². The number of halogens is 1. The van der Waals surface area contributed by atoms with Gasteiger partial charge >= 0.3 is 0 Å². The molecule has 0 atom stereocenters. The Hall–Kier alpha value is -2.70. The second-order valence-corrected chi connectivity index (χ2v) is 4.28. The summed E-state index contributed by atoms with van der Waals surface area (Å²) in [6, 6.07) is 4.98. The van der Waals surface area contributed by atoms with Gasteiger partial charge in [0, 0.05) is 11.8 Å². The van der Waals surface area contributed by atoms with Crippen molar-refractivity contribution in [2.24, 2.45) is 0 Å². The van der Waals surface area contributed by atoms with Crippen LogP contribution in [0.4, 0.5) is 15.8 Å². The lowest BCUT2D eigenvalue weighted by atomic mass is 10.2. The van der Waals surface area contributed by atoms with Crippen LogP contribution in [-0.2, 0) is 11.3 Å². The maximum absolute atomic E-state index is 13.1. The van der Waals surface area contributed by atoms with Crippen LogP contribution in [0.25, 0.3) is 0 Å². The van der Waals surface area contributed by atoms with Crippen LogP contribution in [0.3, 0.4) is 0 Å². The molecular formula is C13H13FN4O2. The number of nitrogens with one attached hydrogen (secondary N) is 1. The predicted molar refractivity (Wildman–Crippen MR) is 72.7 cm³/mol. The molecule has 0 radical (unpaired) electrons. The molecule has 2 rings (SSSR count).